The zero-order valence-electron chi connectivity index (χ0n) is 18.4. The fraction of sp³-hybridized carbons (Fsp3) is 0.577. The van der Waals surface area contributed by atoms with Crippen LogP contribution in [0.5, 0.6) is 0 Å². The molecule has 0 saturated heterocycles. The molecule has 2 saturated carbocycles. The second-order valence-corrected chi connectivity index (χ2v) is 9.46. The van der Waals surface area contributed by atoms with Crippen LogP contribution in [-0.2, 0) is 4.74 Å². The minimum Gasteiger partial charge on any atom is -0.465 e. The number of halogens is 3. The smallest absolute Gasteiger partial charge is 0.340 e. The number of carbonyl (C=O) groups excluding carboxylic acids is 1. The molecule has 0 aromatic heterocycles. The van der Waals surface area contributed by atoms with Gasteiger partial charge in [-0.2, -0.15) is 0 Å². The van der Waals surface area contributed by atoms with Crippen LogP contribution in [0.1, 0.15) is 86.6 Å². The largest absolute Gasteiger partial charge is 0.465 e. The number of esters is 1. The molecular formula is C26H31F3O2. The van der Waals surface area contributed by atoms with E-state index in [4.69, 9.17) is 0 Å². The Labute approximate surface area is 182 Å². The lowest BCUT2D eigenvalue weighted by molar-refractivity contribution is 0.0596. The summed E-state index contributed by atoms with van der Waals surface area (Å²) in [6, 6.07) is 4.33. The number of methoxy groups -OCH3 is 1. The molecular weight excluding hydrogens is 401 g/mol. The summed E-state index contributed by atoms with van der Waals surface area (Å²) < 4.78 is 49.3. The number of hydrogen-bond donors (Lipinski definition) is 0. The summed E-state index contributed by atoms with van der Waals surface area (Å²) in [5, 5.41) is -0.196. The van der Waals surface area contributed by atoms with Gasteiger partial charge in [-0.1, -0.05) is 38.7 Å². The van der Waals surface area contributed by atoms with Gasteiger partial charge in [-0.3, -0.25) is 0 Å². The third-order valence-electron chi connectivity index (χ3n) is 7.68. The molecule has 0 N–H and O–H groups in total. The van der Waals surface area contributed by atoms with E-state index in [1.807, 2.05) is 0 Å². The van der Waals surface area contributed by atoms with Crippen molar-refractivity contribution in [3.05, 3.63) is 46.8 Å². The molecule has 0 bridgehead atoms. The SMILES string of the molecule is CCCCC1CCC2CC(c3cc4ccc(C(=O)OC)c(F)c4c(F)c3F)CCC2C1. The van der Waals surface area contributed by atoms with Crippen LogP contribution < -0.4 is 0 Å². The summed E-state index contributed by atoms with van der Waals surface area (Å²) in [5.41, 5.74) is -0.0387. The van der Waals surface area contributed by atoms with E-state index in [0.29, 0.717) is 17.4 Å². The van der Waals surface area contributed by atoms with E-state index < -0.39 is 28.8 Å². The molecule has 2 aromatic carbocycles. The van der Waals surface area contributed by atoms with Crippen LogP contribution in [0.15, 0.2) is 18.2 Å². The molecule has 5 heteroatoms. The number of carbonyl (C=O) groups is 1. The maximum absolute atomic E-state index is 15.1. The average Bonchev–Trinajstić information content (AvgIpc) is 2.79. The number of hydrogen-bond acceptors (Lipinski definition) is 2. The maximum Gasteiger partial charge on any atom is 0.340 e. The van der Waals surface area contributed by atoms with Crippen molar-refractivity contribution in [2.45, 2.75) is 70.6 Å². The van der Waals surface area contributed by atoms with Gasteiger partial charge < -0.3 is 4.74 Å². The highest BCUT2D eigenvalue weighted by molar-refractivity contribution is 5.96. The lowest BCUT2D eigenvalue weighted by Gasteiger charge is -2.42. The normalized spacial score (nSPS) is 26.0. The van der Waals surface area contributed by atoms with E-state index in [1.54, 1.807) is 6.07 Å². The van der Waals surface area contributed by atoms with Gasteiger partial charge in [-0.15, -0.1) is 0 Å². The van der Waals surface area contributed by atoms with E-state index in [1.165, 1.54) is 50.7 Å². The fourth-order valence-corrected chi connectivity index (χ4v) is 5.99. The Kier molecular flexibility index (Phi) is 6.59. The molecule has 4 rings (SSSR count). The Morgan fingerprint density at radius 1 is 1.00 bits per heavy atom. The third-order valence-corrected chi connectivity index (χ3v) is 7.68. The summed E-state index contributed by atoms with van der Waals surface area (Å²) in [7, 11) is 1.12. The molecule has 2 aliphatic carbocycles. The van der Waals surface area contributed by atoms with Gasteiger partial charge in [-0.05, 0) is 78.9 Å². The van der Waals surface area contributed by atoms with Crippen LogP contribution >= 0.6 is 0 Å². The molecule has 0 radical (unpaired) electrons. The Balaban J connectivity index is 1.58. The third kappa shape index (κ3) is 4.20. The zero-order chi connectivity index (χ0) is 22.1. The molecule has 4 unspecified atom stereocenters. The first kappa shape index (κ1) is 22.2. The summed E-state index contributed by atoms with van der Waals surface area (Å²) in [5.74, 6) is -2.13. The summed E-state index contributed by atoms with van der Waals surface area (Å²) >= 11 is 0. The maximum atomic E-state index is 15.1. The number of fused-ring (bicyclic) bond motifs is 2. The average molecular weight is 433 g/mol. The summed E-state index contributed by atoms with van der Waals surface area (Å²) in [6.07, 6.45) is 10.3. The Hall–Kier alpha value is -2.04. The van der Waals surface area contributed by atoms with Crippen molar-refractivity contribution >= 4 is 16.7 Å². The fourth-order valence-electron chi connectivity index (χ4n) is 5.99. The van der Waals surface area contributed by atoms with Crippen molar-refractivity contribution in [2.75, 3.05) is 7.11 Å². The molecule has 31 heavy (non-hydrogen) atoms. The van der Waals surface area contributed by atoms with Gasteiger partial charge in [-0.25, -0.2) is 18.0 Å². The van der Waals surface area contributed by atoms with Crippen molar-refractivity contribution in [2.24, 2.45) is 17.8 Å². The molecule has 0 amide bonds. The van der Waals surface area contributed by atoms with Crippen LogP contribution in [0.3, 0.4) is 0 Å². The number of unbranched alkanes of at least 4 members (excludes halogenated alkanes) is 1. The van der Waals surface area contributed by atoms with Crippen LogP contribution in [-0.4, -0.2) is 13.1 Å². The van der Waals surface area contributed by atoms with Crippen LogP contribution in [0.25, 0.3) is 10.8 Å². The van der Waals surface area contributed by atoms with Crippen LogP contribution in [0.4, 0.5) is 13.2 Å². The minimum absolute atomic E-state index is 0.0457. The highest BCUT2D eigenvalue weighted by Gasteiger charge is 2.37. The quantitative estimate of drug-likeness (QED) is 0.456. The lowest BCUT2D eigenvalue weighted by Crippen LogP contribution is -2.30. The second-order valence-electron chi connectivity index (χ2n) is 9.46. The molecule has 0 heterocycles. The van der Waals surface area contributed by atoms with Crippen molar-refractivity contribution in [3.8, 4) is 0 Å². The van der Waals surface area contributed by atoms with Crippen molar-refractivity contribution < 1.29 is 22.7 Å². The molecule has 4 atom stereocenters. The first-order valence-electron chi connectivity index (χ1n) is 11.6. The van der Waals surface area contributed by atoms with Gasteiger partial charge in [0.1, 0.15) is 5.82 Å². The summed E-state index contributed by atoms with van der Waals surface area (Å²) in [4.78, 5) is 11.7. The molecule has 2 aliphatic rings. The molecule has 2 fully saturated rings. The van der Waals surface area contributed by atoms with E-state index in [9.17, 15) is 13.6 Å². The van der Waals surface area contributed by atoms with Gasteiger partial charge >= 0.3 is 5.97 Å². The second kappa shape index (κ2) is 9.22. The van der Waals surface area contributed by atoms with Gasteiger partial charge in [0, 0.05) is 0 Å². The summed E-state index contributed by atoms with van der Waals surface area (Å²) in [6.45, 7) is 2.23. The van der Waals surface area contributed by atoms with Crippen molar-refractivity contribution in [1.82, 2.24) is 0 Å². The molecule has 0 spiro atoms. The first-order chi connectivity index (χ1) is 14.9. The Morgan fingerprint density at radius 3 is 2.48 bits per heavy atom. The van der Waals surface area contributed by atoms with Gasteiger partial charge in [0.2, 0.25) is 0 Å². The van der Waals surface area contributed by atoms with Crippen molar-refractivity contribution in [1.29, 1.82) is 0 Å². The number of benzene rings is 2. The van der Waals surface area contributed by atoms with E-state index in [2.05, 4.69) is 11.7 Å². The Bertz CT molecular complexity index is 971. The molecule has 168 valence electrons. The molecule has 2 aromatic rings. The lowest BCUT2D eigenvalue weighted by atomic mass is 9.63. The molecule has 0 aliphatic heterocycles. The Morgan fingerprint density at radius 2 is 1.74 bits per heavy atom. The highest BCUT2D eigenvalue weighted by atomic mass is 19.2. The predicted octanol–water partition coefficient (Wildman–Crippen LogP) is 7.53. The van der Waals surface area contributed by atoms with E-state index >= 15 is 4.39 Å². The monoisotopic (exact) mass is 432 g/mol. The van der Waals surface area contributed by atoms with Gasteiger partial charge in [0.15, 0.2) is 11.6 Å². The van der Waals surface area contributed by atoms with E-state index in [-0.39, 0.29) is 16.9 Å². The predicted molar refractivity (Wildman–Crippen MR) is 116 cm³/mol. The van der Waals surface area contributed by atoms with Crippen LogP contribution in [0.2, 0.25) is 0 Å². The first-order valence-corrected chi connectivity index (χ1v) is 11.6. The standard InChI is InChI=1S/C26H31F3O2/c1-3-4-5-15-6-7-17-13-18(9-8-16(17)12-15)21-14-19-10-11-20(26(30)31-2)23(27)22(19)25(29)24(21)28/h10-11,14-18H,3-9,12-13H2,1-2H3. The molecule has 2 nitrogen and oxygen atoms in total. The zero-order valence-corrected chi connectivity index (χ0v) is 18.4. The number of rotatable bonds is 5. The van der Waals surface area contributed by atoms with E-state index in [0.717, 1.165) is 32.3 Å². The van der Waals surface area contributed by atoms with Gasteiger partial charge in [0.25, 0.3) is 0 Å². The topological polar surface area (TPSA) is 26.3 Å². The van der Waals surface area contributed by atoms with Crippen molar-refractivity contribution in [3.63, 3.8) is 0 Å². The van der Waals surface area contributed by atoms with Crippen LogP contribution in [0, 0.1) is 35.2 Å². The highest BCUT2D eigenvalue weighted by Crippen LogP contribution is 2.49. The van der Waals surface area contributed by atoms with Gasteiger partial charge in [0.05, 0.1) is 18.1 Å². The number of ether oxygens (including phenoxy) is 1. The minimum atomic E-state index is -1.21.